The van der Waals surface area contributed by atoms with Crippen molar-refractivity contribution < 1.29 is 9.18 Å². The van der Waals surface area contributed by atoms with Gasteiger partial charge >= 0.3 is 0 Å². The van der Waals surface area contributed by atoms with Crippen LogP contribution < -0.4 is 0 Å². The van der Waals surface area contributed by atoms with Crippen LogP contribution in [0.1, 0.15) is 16.7 Å². The summed E-state index contributed by atoms with van der Waals surface area (Å²) in [5.74, 6) is -0.422. The quantitative estimate of drug-likeness (QED) is 0.794. The average Bonchev–Trinajstić information content (AvgIpc) is 2.97. The Labute approximate surface area is 131 Å². The number of carbonyl (C=O) groups is 1. The van der Waals surface area contributed by atoms with Crippen molar-refractivity contribution in [3.8, 4) is 0 Å². The third kappa shape index (κ3) is 2.91. The smallest absolute Gasteiger partial charge is 0.214 e. The van der Waals surface area contributed by atoms with E-state index in [0.717, 1.165) is 12.8 Å². The predicted molar refractivity (Wildman–Crippen MR) is 85.1 cm³/mol. The zero-order valence-electron chi connectivity index (χ0n) is 12.3. The monoisotopic (exact) mass is 293 g/mol. The molecule has 1 aliphatic carbocycles. The number of rotatable bonds is 4. The molecule has 0 aliphatic heterocycles. The molecule has 3 rings (SSSR count). The number of hydrogen-bond donors (Lipinski definition) is 0. The number of fused-ring (bicyclic) bond motifs is 1. The molecule has 22 heavy (non-hydrogen) atoms. The molecule has 4 heteroatoms. The van der Waals surface area contributed by atoms with Gasteiger partial charge in [-0.2, -0.15) is 0 Å². The molecular weight excluding hydrogens is 276 g/mol. The van der Waals surface area contributed by atoms with Gasteiger partial charge in [-0.05, 0) is 36.4 Å². The molecule has 2 nitrogen and oxygen atoms in total. The van der Waals surface area contributed by atoms with Gasteiger partial charge in [0.1, 0.15) is 5.82 Å². The van der Waals surface area contributed by atoms with Gasteiger partial charge in [-0.1, -0.05) is 42.5 Å². The van der Waals surface area contributed by atoms with Crippen LogP contribution in [0.4, 0.5) is 4.39 Å². The summed E-state index contributed by atoms with van der Waals surface area (Å²) in [6.07, 6.45) is 1.55. The summed E-state index contributed by atoms with van der Waals surface area (Å²) in [4.78, 5) is 14.0. The summed E-state index contributed by atoms with van der Waals surface area (Å²) in [6, 6.07) is 14.8. The number of amides is 1. The van der Waals surface area contributed by atoms with Crippen LogP contribution in [0.3, 0.4) is 0 Å². The molecule has 0 aromatic heterocycles. The second kappa shape index (κ2) is 6.35. The van der Waals surface area contributed by atoms with E-state index in [9.17, 15) is 9.18 Å². The van der Waals surface area contributed by atoms with Crippen molar-refractivity contribution in [1.29, 1.82) is 0 Å². The molecule has 0 heterocycles. The highest BCUT2D eigenvalue weighted by molar-refractivity contribution is 6.19. The third-order valence-electron chi connectivity index (χ3n) is 4.26. The first kappa shape index (κ1) is 14.8. The highest BCUT2D eigenvalue weighted by Gasteiger charge is 2.29. The lowest BCUT2D eigenvalue weighted by Gasteiger charge is -2.29. The van der Waals surface area contributed by atoms with Gasteiger partial charge in [0, 0.05) is 18.2 Å². The van der Waals surface area contributed by atoms with Crippen molar-refractivity contribution in [2.24, 2.45) is 0 Å². The first-order valence-corrected chi connectivity index (χ1v) is 7.48. The van der Waals surface area contributed by atoms with Crippen LogP contribution in [-0.4, -0.2) is 24.7 Å². The highest BCUT2D eigenvalue weighted by atomic mass is 19.1. The maximum absolute atomic E-state index is 13.9. The van der Waals surface area contributed by atoms with Crippen LogP contribution >= 0.6 is 0 Å². The highest BCUT2D eigenvalue weighted by Crippen LogP contribution is 2.27. The molecule has 0 fully saturated rings. The van der Waals surface area contributed by atoms with E-state index in [4.69, 9.17) is 7.85 Å². The fraction of sp³-hybridized carbons (Fsp3) is 0.278. The summed E-state index contributed by atoms with van der Waals surface area (Å²) in [7, 11) is 5.55. The molecular formula is C18H17BFNO. The fourth-order valence-electron chi connectivity index (χ4n) is 3.10. The molecule has 2 aromatic carbocycles. The first-order chi connectivity index (χ1) is 10.7. The SMILES string of the molecule is [B]CC(=O)N(Cc1ccccc1F)C1Cc2ccccc2C1. The van der Waals surface area contributed by atoms with Crippen LogP contribution in [-0.2, 0) is 24.2 Å². The van der Waals surface area contributed by atoms with Gasteiger partial charge in [0.25, 0.3) is 0 Å². The van der Waals surface area contributed by atoms with E-state index in [1.54, 1.807) is 23.1 Å². The van der Waals surface area contributed by atoms with E-state index < -0.39 is 0 Å². The van der Waals surface area contributed by atoms with E-state index >= 15 is 0 Å². The fourth-order valence-corrected chi connectivity index (χ4v) is 3.10. The largest absolute Gasteiger partial charge is 0.335 e. The summed E-state index contributed by atoms with van der Waals surface area (Å²) < 4.78 is 13.9. The number of hydrogen-bond acceptors (Lipinski definition) is 1. The Kier molecular flexibility index (Phi) is 4.28. The Morgan fingerprint density at radius 2 is 1.68 bits per heavy atom. The minimum Gasteiger partial charge on any atom is -0.335 e. The molecule has 0 saturated heterocycles. The molecule has 1 aliphatic rings. The number of benzene rings is 2. The molecule has 2 radical (unpaired) electrons. The third-order valence-corrected chi connectivity index (χ3v) is 4.26. The number of nitrogens with zero attached hydrogens (tertiary/aromatic N) is 1. The number of carbonyl (C=O) groups excluding carboxylic acids is 1. The van der Waals surface area contributed by atoms with Gasteiger partial charge in [-0.25, -0.2) is 4.39 Å². The Balaban J connectivity index is 1.83. The van der Waals surface area contributed by atoms with E-state index in [2.05, 4.69) is 12.1 Å². The minimum absolute atomic E-state index is 0.0491. The lowest BCUT2D eigenvalue weighted by molar-refractivity contribution is -0.131. The van der Waals surface area contributed by atoms with Crippen molar-refractivity contribution in [3.63, 3.8) is 0 Å². The topological polar surface area (TPSA) is 20.3 Å². The Hall–Kier alpha value is -2.10. The summed E-state index contributed by atoms with van der Waals surface area (Å²) >= 11 is 0. The zero-order valence-corrected chi connectivity index (χ0v) is 12.3. The molecule has 0 N–H and O–H groups in total. The second-order valence-corrected chi connectivity index (χ2v) is 5.65. The number of halogens is 1. The van der Waals surface area contributed by atoms with Crippen molar-refractivity contribution in [1.82, 2.24) is 4.90 Å². The van der Waals surface area contributed by atoms with E-state index in [0.29, 0.717) is 5.56 Å². The van der Waals surface area contributed by atoms with Crippen LogP contribution in [0.15, 0.2) is 48.5 Å². The van der Waals surface area contributed by atoms with Crippen molar-refractivity contribution in [2.75, 3.05) is 0 Å². The Bertz CT molecular complexity index is 663. The van der Waals surface area contributed by atoms with E-state index in [-0.39, 0.29) is 30.6 Å². The molecule has 0 unspecified atom stereocenters. The molecule has 0 atom stereocenters. The van der Waals surface area contributed by atoms with E-state index in [1.165, 1.54) is 17.2 Å². The summed E-state index contributed by atoms with van der Waals surface area (Å²) in [5.41, 5.74) is 3.05. The minimum atomic E-state index is -0.284. The summed E-state index contributed by atoms with van der Waals surface area (Å²) in [5, 5.41) is 0. The van der Waals surface area contributed by atoms with Crippen LogP contribution in [0.25, 0.3) is 0 Å². The first-order valence-electron chi connectivity index (χ1n) is 7.48. The molecule has 0 spiro atoms. The second-order valence-electron chi connectivity index (χ2n) is 5.65. The van der Waals surface area contributed by atoms with Gasteiger partial charge in [-0.15, -0.1) is 0 Å². The molecule has 0 bridgehead atoms. The van der Waals surface area contributed by atoms with Crippen molar-refractivity contribution >= 4 is 13.8 Å². The average molecular weight is 293 g/mol. The maximum atomic E-state index is 13.9. The van der Waals surface area contributed by atoms with E-state index in [1.807, 2.05) is 12.1 Å². The Morgan fingerprint density at radius 1 is 1.09 bits per heavy atom. The van der Waals surface area contributed by atoms with Gasteiger partial charge in [0.15, 0.2) is 0 Å². The van der Waals surface area contributed by atoms with Crippen LogP contribution in [0.5, 0.6) is 0 Å². The van der Waals surface area contributed by atoms with Gasteiger partial charge in [0.2, 0.25) is 5.91 Å². The van der Waals surface area contributed by atoms with Gasteiger partial charge < -0.3 is 4.90 Å². The zero-order chi connectivity index (χ0) is 15.5. The van der Waals surface area contributed by atoms with Crippen LogP contribution in [0.2, 0.25) is 6.32 Å². The Morgan fingerprint density at radius 3 is 2.27 bits per heavy atom. The predicted octanol–water partition coefficient (Wildman–Crippen LogP) is 2.91. The molecule has 2 aromatic rings. The molecule has 0 saturated carbocycles. The van der Waals surface area contributed by atoms with Gasteiger partial charge in [0.05, 0.1) is 7.85 Å². The van der Waals surface area contributed by atoms with Crippen LogP contribution in [0, 0.1) is 5.82 Å². The molecule has 110 valence electrons. The lowest BCUT2D eigenvalue weighted by atomic mass is 10.0. The van der Waals surface area contributed by atoms with Crippen molar-refractivity contribution in [3.05, 3.63) is 71.0 Å². The van der Waals surface area contributed by atoms with Crippen molar-refractivity contribution in [2.45, 2.75) is 31.7 Å². The molecule has 1 amide bonds. The normalized spacial score (nSPS) is 13.9. The standard InChI is InChI=1S/C18H17BFNO/c19-11-18(22)21(12-15-7-3-4-8-17(15)20)16-9-13-5-1-2-6-14(13)10-16/h1-8,16H,9-12H2. The lowest BCUT2D eigenvalue weighted by Crippen LogP contribution is -2.40. The van der Waals surface area contributed by atoms with Gasteiger partial charge in [-0.3, -0.25) is 4.79 Å². The maximum Gasteiger partial charge on any atom is 0.214 e. The summed E-state index contributed by atoms with van der Waals surface area (Å²) in [6.45, 7) is 0.265.